The number of rotatable bonds is 1. The van der Waals surface area contributed by atoms with Crippen LogP contribution in [0.4, 0.5) is 0 Å². The molecule has 0 aliphatic heterocycles. The highest BCUT2D eigenvalue weighted by molar-refractivity contribution is 5.87. The highest BCUT2D eigenvalue weighted by Gasteiger charge is 2.58. The summed E-state index contributed by atoms with van der Waals surface area (Å²) in [6.07, 6.45) is 12.2. The minimum Gasteiger partial charge on any atom is -0.381 e. The summed E-state index contributed by atoms with van der Waals surface area (Å²) in [5.41, 5.74) is 2.05. The van der Waals surface area contributed by atoms with E-state index in [1.165, 1.54) is 25.7 Å². The van der Waals surface area contributed by atoms with E-state index in [0.717, 1.165) is 37.5 Å². The summed E-state index contributed by atoms with van der Waals surface area (Å²) in [6.45, 7) is 4.79. The Morgan fingerprint density at radius 3 is 2.64 bits per heavy atom. The fourth-order valence-electron chi connectivity index (χ4n) is 6.60. The zero-order valence-corrected chi connectivity index (χ0v) is 14.4. The van der Waals surface area contributed by atoms with Gasteiger partial charge in [-0.05, 0) is 68.1 Å². The lowest BCUT2D eigenvalue weighted by atomic mass is 9.48. The van der Waals surface area contributed by atoms with Crippen LogP contribution in [0.1, 0.15) is 68.1 Å². The molecule has 6 atom stereocenters. The quantitative estimate of drug-likeness (QED) is 0.635. The van der Waals surface area contributed by atoms with Crippen molar-refractivity contribution in [3.05, 3.63) is 11.6 Å². The molecule has 4 rings (SSSR count). The smallest absolute Gasteiger partial charge is 0.139 e. The predicted molar refractivity (Wildman–Crippen MR) is 91.7 cm³/mol. The van der Waals surface area contributed by atoms with Gasteiger partial charge in [0.25, 0.3) is 0 Å². The fraction of sp³-hybridized carbons (Fsp3) is 0.850. The van der Waals surface area contributed by atoms with Crippen LogP contribution in [0.5, 0.6) is 0 Å². The number of fused-ring (bicyclic) bond motifs is 5. The van der Waals surface area contributed by atoms with Crippen LogP contribution in [-0.4, -0.2) is 19.0 Å². The number of carbonyl (C=O) groups excluding carboxylic acids is 1. The van der Waals surface area contributed by atoms with Crippen LogP contribution in [0.15, 0.2) is 11.6 Å². The molecule has 0 aromatic heterocycles. The zero-order chi connectivity index (χ0) is 15.5. The average Bonchev–Trinajstić information content (AvgIpc) is 2.82. The van der Waals surface area contributed by atoms with Gasteiger partial charge in [-0.25, -0.2) is 0 Å². The summed E-state index contributed by atoms with van der Waals surface area (Å²) >= 11 is 0. The topological polar surface area (TPSA) is 26.3 Å². The number of ketones is 1. The summed E-state index contributed by atoms with van der Waals surface area (Å²) in [5, 5.41) is 0. The molecule has 2 nitrogen and oxygen atoms in total. The van der Waals surface area contributed by atoms with Gasteiger partial charge in [-0.2, -0.15) is 0 Å². The van der Waals surface area contributed by atoms with Crippen molar-refractivity contribution in [2.75, 3.05) is 7.11 Å². The first kappa shape index (κ1) is 14.9. The van der Waals surface area contributed by atoms with Crippen molar-refractivity contribution in [1.82, 2.24) is 0 Å². The van der Waals surface area contributed by atoms with Gasteiger partial charge in [-0.15, -0.1) is 0 Å². The van der Waals surface area contributed by atoms with Crippen molar-refractivity contribution in [1.29, 1.82) is 0 Å². The molecule has 0 radical (unpaired) electrons. The summed E-state index contributed by atoms with van der Waals surface area (Å²) in [7, 11) is 1.86. The maximum Gasteiger partial charge on any atom is 0.139 e. The molecular formula is C20H34O2. The number of allylic oxidation sites excluding steroid dienone is 1. The maximum absolute atomic E-state index is 12.4. The number of ether oxygens (including phenoxy) is 1. The van der Waals surface area contributed by atoms with E-state index in [0.29, 0.717) is 23.2 Å². The van der Waals surface area contributed by atoms with E-state index in [1.807, 2.05) is 7.11 Å². The van der Waals surface area contributed by atoms with Crippen molar-refractivity contribution in [2.24, 2.45) is 28.6 Å². The number of hydrogen-bond donors (Lipinski definition) is 0. The SMILES string of the molecule is CO[C@@H]1CC[C@@]2(C)C(=CC[C@@H]3C2CC[C@]2(C)C(=O)CCC32)C1.[HH].[HH]. The summed E-state index contributed by atoms with van der Waals surface area (Å²) in [4.78, 5) is 12.4. The van der Waals surface area contributed by atoms with Crippen LogP contribution in [-0.2, 0) is 9.53 Å². The van der Waals surface area contributed by atoms with E-state index in [4.69, 9.17) is 4.74 Å². The Hall–Kier alpha value is -0.630. The number of Topliss-reactive ketones (excluding diaryl/α,β-unsaturated/α-hetero) is 1. The van der Waals surface area contributed by atoms with Gasteiger partial charge in [-0.3, -0.25) is 4.79 Å². The van der Waals surface area contributed by atoms with Gasteiger partial charge < -0.3 is 4.74 Å². The molecule has 0 aromatic carbocycles. The second-order valence-electron chi connectivity index (χ2n) is 8.78. The van der Waals surface area contributed by atoms with Gasteiger partial charge in [0.2, 0.25) is 0 Å². The molecule has 0 amide bonds. The molecule has 0 spiro atoms. The Bertz CT molecular complexity index is 532. The van der Waals surface area contributed by atoms with Crippen molar-refractivity contribution in [3.8, 4) is 0 Å². The Morgan fingerprint density at radius 2 is 1.86 bits per heavy atom. The van der Waals surface area contributed by atoms with Gasteiger partial charge >= 0.3 is 0 Å². The minimum absolute atomic E-state index is 0. The third-order valence-electron chi connectivity index (χ3n) is 8.10. The molecule has 4 aliphatic carbocycles. The van der Waals surface area contributed by atoms with Crippen LogP contribution in [0.2, 0.25) is 0 Å². The van der Waals surface area contributed by atoms with E-state index < -0.39 is 0 Å². The monoisotopic (exact) mass is 306 g/mol. The second-order valence-corrected chi connectivity index (χ2v) is 8.78. The molecule has 3 saturated carbocycles. The van der Waals surface area contributed by atoms with E-state index in [2.05, 4.69) is 19.9 Å². The first-order valence-corrected chi connectivity index (χ1v) is 9.24. The lowest BCUT2D eigenvalue weighted by Crippen LogP contribution is -2.50. The molecule has 0 aromatic rings. The number of methoxy groups -OCH3 is 1. The van der Waals surface area contributed by atoms with Crippen molar-refractivity contribution >= 4 is 5.78 Å². The van der Waals surface area contributed by atoms with Gasteiger partial charge in [-0.1, -0.05) is 25.5 Å². The minimum atomic E-state index is 0. The normalized spacial score (nSPS) is 50.9. The molecule has 0 N–H and O–H groups in total. The van der Waals surface area contributed by atoms with Gasteiger partial charge in [0, 0.05) is 21.8 Å². The van der Waals surface area contributed by atoms with Gasteiger partial charge in [0.1, 0.15) is 5.78 Å². The van der Waals surface area contributed by atoms with E-state index >= 15 is 0 Å². The molecule has 126 valence electrons. The molecule has 0 heterocycles. The Morgan fingerprint density at radius 1 is 1.14 bits per heavy atom. The molecule has 22 heavy (non-hydrogen) atoms. The molecular weight excluding hydrogens is 272 g/mol. The van der Waals surface area contributed by atoms with E-state index in [-0.39, 0.29) is 8.27 Å². The average molecular weight is 306 g/mol. The fourth-order valence-corrected chi connectivity index (χ4v) is 6.60. The Kier molecular flexibility index (Phi) is 3.35. The lowest BCUT2D eigenvalue weighted by Gasteiger charge is -2.57. The van der Waals surface area contributed by atoms with E-state index in [9.17, 15) is 4.79 Å². The molecule has 2 unspecified atom stereocenters. The molecule has 0 saturated heterocycles. The number of carbonyl (C=O) groups is 1. The van der Waals surface area contributed by atoms with Crippen LogP contribution in [0, 0.1) is 28.6 Å². The molecule has 2 heteroatoms. The van der Waals surface area contributed by atoms with Crippen LogP contribution in [0.3, 0.4) is 0 Å². The highest BCUT2D eigenvalue weighted by Crippen LogP contribution is 2.64. The van der Waals surface area contributed by atoms with Crippen LogP contribution >= 0.6 is 0 Å². The van der Waals surface area contributed by atoms with Gasteiger partial charge in [0.05, 0.1) is 6.10 Å². The van der Waals surface area contributed by atoms with Crippen molar-refractivity contribution in [2.45, 2.75) is 71.3 Å². The third kappa shape index (κ3) is 1.85. The first-order chi connectivity index (χ1) is 10.5. The Labute approximate surface area is 137 Å². The van der Waals surface area contributed by atoms with Crippen molar-refractivity contribution in [3.63, 3.8) is 0 Å². The zero-order valence-electron chi connectivity index (χ0n) is 14.4. The standard InChI is InChI=1S/C20H30O2.2H2/c1-19-10-8-14(22-3)12-13(19)4-5-15-16-6-7-18(21)20(16,2)11-9-17(15)19;;/h4,14-17H,5-12H2,1-3H3;2*1H/t14-,15+,16?,17?,19+,20+;;/m1../s1. The van der Waals surface area contributed by atoms with Crippen LogP contribution < -0.4 is 0 Å². The molecule has 4 aliphatic rings. The number of hydrogen-bond acceptors (Lipinski definition) is 2. The van der Waals surface area contributed by atoms with Crippen LogP contribution in [0.25, 0.3) is 0 Å². The summed E-state index contributed by atoms with van der Waals surface area (Å²) in [5.74, 6) is 2.75. The second kappa shape index (κ2) is 4.93. The first-order valence-electron chi connectivity index (χ1n) is 9.24. The van der Waals surface area contributed by atoms with E-state index in [1.54, 1.807) is 5.57 Å². The largest absolute Gasteiger partial charge is 0.381 e. The highest BCUT2D eigenvalue weighted by atomic mass is 16.5. The molecule has 0 bridgehead atoms. The predicted octanol–water partition coefficient (Wildman–Crippen LogP) is 5.03. The Balaban J connectivity index is 0.00000104. The van der Waals surface area contributed by atoms with Crippen molar-refractivity contribution < 1.29 is 12.4 Å². The summed E-state index contributed by atoms with van der Waals surface area (Å²) in [6, 6.07) is 0. The molecule has 3 fully saturated rings. The van der Waals surface area contributed by atoms with Gasteiger partial charge in [0.15, 0.2) is 0 Å². The summed E-state index contributed by atoms with van der Waals surface area (Å²) < 4.78 is 5.64. The third-order valence-corrected chi connectivity index (χ3v) is 8.10. The maximum atomic E-state index is 12.4. The lowest BCUT2D eigenvalue weighted by molar-refractivity contribution is -0.132.